The maximum Gasteiger partial charge on any atom is 0.243 e. The number of nitrogens with zero attached hydrogens (tertiary/aromatic N) is 2. The molecule has 1 saturated heterocycles. The first-order valence-corrected chi connectivity index (χ1v) is 9.78. The number of sulfonamides is 1. The number of piperazine rings is 1. The molecule has 1 aromatic carbocycles. The van der Waals surface area contributed by atoms with Crippen LogP contribution in [0, 0.1) is 0 Å². The van der Waals surface area contributed by atoms with E-state index in [9.17, 15) is 8.42 Å². The van der Waals surface area contributed by atoms with Crippen molar-refractivity contribution >= 4 is 21.4 Å². The van der Waals surface area contributed by atoms with Gasteiger partial charge in [0.05, 0.1) is 4.90 Å². The van der Waals surface area contributed by atoms with Gasteiger partial charge in [-0.2, -0.15) is 4.31 Å². The highest BCUT2D eigenvalue weighted by Gasteiger charge is 2.27. The highest BCUT2D eigenvalue weighted by atomic mass is 32.2. The van der Waals surface area contributed by atoms with Gasteiger partial charge in [0, 0.05) is 37.6 Å². The summed E-state index contributed by atoms with van der Waals surface area (Å²) in [6.45, 7) is 3.75. The Hall–Kier alpha value is -1.21. The smallest absolute Gasteiger partial charge is 0.243 e. The molecule has 6 heteroatoms. The molecule has 0 spiro atoms. The van der Waals surface area contributed by atoms with Crippen molar-refractivity contribution in [2.75, 3.05) is 32.7 Å². The van der Waals surface area contributed by atoms with E-state index >= 15 is 0 Å². The molecule has 1 aliphatic rings. The van der Waals surface area contributed by atoms with Crippen molar-refractivity contribution in [1.82, 2.24) is 9.21 Å². The summed E-state index contributed by atoms with van der Waals surface area (Å²) in [4.78, 5) is 4.12. The predicted molar refractivity (Wildman–Crippen MR) is 89.7 cm³/mol. The van der Waals surface area contributed by atoms with Crippen molar-refractivity contribution in [2.24, 2.45) is 0 Å². The third-order valence-corrected chi connectivity index (χ3v) is 6.82. The van der Waals surface area contributed by atoms with Crippen LogP contribution in [-0.2, 0) is 16.4 Å². The average Bonchev–Trinajstić information content (AvgIpc) is 3.08. The molecule has 118 valence electrons. The van der Waals surface area contributed by atoms with Crippen LogP contribution in [0.15, 0.2) is 52.7 Å². The molecule has 0 saturated carbocycles. The fraction of sp³-hybridized carbons (Fsp3) is 0.375. The topological polar surface area (TPSA) is 40.6 Å². The Kier molecular flexibility index (Phi) is 4.93. The minimum atomic E-state index is -3.33. The molecule has 2 heterocycles. The lowest BCUT2D eigenvalue weighted by Gasteiger charge is -2.33. The zero-order valence-corrected chi connectivity index (χ0v) is 14.0. The highest BCUT2D eigenvalue weighted by Crippen LogP contribution is 2.17. The van der Waals surface area contributed by atoms with Crippen LogP contribution >= 0.6 is 11.3 Å². The molecule has 1 aliphatic heterocycles. The van der Waals surface area contributed by atoms with Gasteiger partial charge in [-0.3, -0.25) is 0 Å². The SMILES string of the molecule is O=S(=O)(c1ccccc1)N1CCN(CCc2cccs2)CC1. The Morgan fingerprint density at radius 1 is 0.955 bits per heavy atom. The molecule has 0 atom stereocenters. The summed E-state index contributed by atoms with van der Waals surface area (Å²) >= 11 is 1.78. The number of hydrogen-bond donors (Lipinski definition) is 0. The van der Waals surface area contributed by atoms with Gasteiger partial charge in [0.1, 0.15) is 0 Å². The molecular formula is C16H20N2O2S2. The van der Waals surface area contributed by atoms with E-state index in [-0.39, 0.29) is 0 Å². The van der Waals surface area contributed by atoms with E-state index in [2.05, 4.69) is 22.4 Å². The van der Waals surface area contributed by atoms with Crippen LogP contribution < -0.4 is 0 Å². The second-order valence-electron chi connectivity index (χ2n) is 5.39. The zero-order valence-electron chi connectivity index (χ0n) is 12.4. The lowest BCUT2D eigenvalue weighted by Crippen LogP contribution is -2.48. The van der Waals surface area contributed by atoms with Crippen LogP contribution in [0.5, 0.6) is 0 Å². The average molecular weight is 336 g/mol. The van der Waals surface area contributed by atoms with E-state index in [1.807, 2.05) is 6.07 Å². The Morgan fingerprint density at radius 3 is 2.32 bits per heavy atom. The molecule has 0 bridgehead atoms. The molecule has 0 unspecified atom stereocenters. The molecule has 0 amide bonds. The fourth-order valence-corrected chi connectivity index (χ4v) is 4.80. The van der Waals surface area contributed by atoms with Gasteiger partial charge in [-0.05, 0) is 30.0 Å². The van der Waals surface area contributed by atoms with E-state index < -0.39 is 10.0 Å². The number of rotatable bonds is 5. The number of hydrogen-bond acceptors (Lipinski definition) is 4. The minimum absolute atomic E-state index is 0.391. The third kappa shape index (κ3) is 3.57. The van der Waals surface area contributed by atoms with Crippen molar-refractivity contribution in [3.8, 4) is 0 Å². The van der Waals surface area contributed by atoms with Crippen molar-refractivity contribution in [2.45, 2.75) is 11.3 Å². The summed E-state index contributed by atoms with van der Waals surface area (Å²) in [5, 5.41) is 2.10. The maximum absolute atomic E-state index is 12.5. The Morgan fingerprint density at radius 2 is 1.68 bits per heavy atom. The van der Waals surface area contributed by atoms with E-state index in [1.54, 1.807) is 39.9 Å². The summed E-state index contributed by atoms with van der Waals surface area (Å²) in [6.07, 6.45) is 1.04. The van der Waals surface area contributed by atoms with Crippen molar-refractivity contribution in [3.63, 3.8) is 0 Å². The van der Waals surface area contributed by atoms with Crippen molar-refractivity contribution in [3.05, 3.63) is 52.7 Å². The van der Waals surface area contributed by atoms with Crippen LogP contribution in [0.1, 0.15) is 4.88 Å². The van der Waals surface area contributed by atoms with Crippen LogP contribution in [0.2, 0.25) is 0 Å². The summed E-state index contributed by atoms with van der Waals surface area (Å²) in [5.41, 5.74) is 0. The van der Waals surface area contributed by atoms with E-state index in [0.717, 1.165) is 26.1 Å². The van der Waals surface area contributed by atoms with Gasteiger partial charge in [-0.15, -0.1) is 11.3 Å². The second kappa shape index (κ2) is 6.91. The van der Waals surface area contributed by atoms with Crippen LogP contribution in [-0.4, -0.2) is 50.3 Å². The number of thiophene rings is 1. The molecule has 1 fully saturated rings. The van der Waals surface area contributed by atoms with Crippen molar-refractivity contribution in [1.29, 1.82) is 0 Å². The quantitative estimate of drug-likeness (QED) is 0.841. The van der Waals surface area contributed by atoms with Gasteiger partial charge < -0.3 is 4.90 Å². The zero-order chi connectivity index (χ0) is 15.4. The van der Waals surface area contributed by atoms with Gasteiger partial charge in [-0.25, -0.2) is 8.42 Å². The van der Waals surface area contributed by atoms with E-state index in [1.165, 1.54) is 4.88 Å². The summed E-state index contributed by atoms with van der Waals surface area (Å²) in [6, 6.07) is 12.9. The Bertz CT molecular complexity index is 676. The monoisotopic (exact) mass is 336 g/mol. The van der Waals surface area contributed by atoms with Gasteiger partial charge in [0.25, 0.3) is 0 Å². The largest absolute Gasteiger partial charge is 0.300 e. The summed E-state index contributed by atoms with van der Waals surface area (Å²) in [5.74, 6) is 0. The molecule has 4 nitrogen and oxygen atoms in total. The summed E-state index contributed by atoms with van der Waals surface area (Å²) in [7, 11) is -3.33. The first kappa shape index (κ1) is 15.7. The molecule has 0 aliphatic carbocycles. The molecule has 22 heavy (non-hydrogen) atoms. The first-order chi connectivity index (χ1) is 10.7. The lowest BCUT2D eigenvalue weighted by atomic mass is 10.3. The standard InChI is InChI=1S/C16H20N2O2S2/c19-22(20,16-6-2-1-3-7-16)18-12-10-17(11-13-18)9-8-15-5-4-14-21-15/h1-7,14H,8-13H2. The summed E-state index contributed by atoms with van der Waals surface area (Å²) < 4.78 is 26.7. The van der Waals surface area contributed by atoms with Crippen molar-refractivity contribution < 1.29 is 8.42 Å². The fourth-order valence-electron chi connectivity index (χ4n) is 2.66. The Labute approximate surface area is 136 Å². The van der Waals surface area contributed by atoms with Crippen LogP contribution in [0.25, 0.3) is 0 Å². The predicted octanol–water partition coefficient (Wildman–Crippen LogP) is 2.30. The second-order valence-corrected chi connectivity index (χ2v) is 8.36. The third-order valence-electron chi connectivity index (χ3n) is 3.97. The van der Waals surface area contributed by atoms with E-state index in [0.29, 0.717) is 18.0 Å². The molecule has 3 rings (SSSR count). The van der Waals surface area contributed by atoms with Gasteiger partial charge in [0.2, 0.25) is 10.0 Å². The molecular weight excluding hydrogens is 316 g/mol. The normalized spacial score (nSPS) is 17.6. The van der Waals surface area contributed by atoms with Crippen LogP contribution in [0.3, 0.4) is 0 Å². The van der Waals surface area contributed by atoms with E-state index in [4.69, 9.17) is 0 Å². The molecule has 0 radical (unpaired) electrons. The lowest BCUT2D eigenvalue weighted by molar-refractivity contribution is 0.190. The van der Waals surface area contributed by atoms with Gasteiger partial charge >= 0.3 is 0 Å². The molecule has 1 aromatic heterocycles. The van der Waals surface area contributed by atoms with Gasteiger partial charge in [0.15, 0.2) is 0 Å². The molecule has 0 N–H and O–H groups in total. The van der Waals surface area contributed by atoms with Crippen LogP contribution in [0.4, 0.5) is 0 Å². The highest BCUT2D eigenvalue weighted by molar-refractivity contribution is 7.89. The van der Waals surface area contributed by atoms with Gasteiger partial charge in [-0.1, -0.05) is 24.3 Å². The Balaban J connectivity index is 1.55. The molecule has 2 aromatic rings. The number of benzene rings is 1. The first-order valence-electron chi connectivity index (χ1n) is 7.46. The maximum atomic E-state index is 12.5. The minimum Gasteiger partial charge on any atom is -0.300 e.